The molecule has 0 atom stereocenters. The predicted molar refractivity (Wildman–Crippen MR) is 85.6 cm³/mol. The largest absolute Gasteiger partial charge is 0.302 e. The first-order valence-electron chi connectivity index (χ1n) is 8.01. The van der Waals surface area contributed by atoms with Crippen molar-refractivity contribution in [3.05, 3.63) is 35.1 Å². The third-order valence-corrected chi connectivity index (χ3v) is 3.83. The third kappa shape index (κ3) is 6.04. The second kappa shape index (κ2) is 9.12. The first-order chi connectivity index (χ1) is 9.54. The van der Waals surface area contributed by atoms with E-state index in [4.69, 9.17) is 0 Å². The Morgan fingerprint density at radius 2 is 1.80 bits per heavy atom. The van der Waals surface area contributed by atoms with Crippen LogP contribution < -0.4 is 0 Å². The molecular weight excluding hydrogens is 249 g/mol. The summed E-state index contributed by atoms with van der Waals surface area (Å²) in [6.45, 7) is 8.18. The standard InChI is InChI=1S/C18H30FN/c1-5-6-7-8-9-12-20(4)14-17-11-10-16(15(2)3)13-18(17)19/h10-11,13,15H,5-9,12,14H2,1-4H3. The van der Waals surface area contributed by atoms with Crippen molar-refractivity contribution >= 4 is 0 Å². The lowest BCUT2D eigenvalue weighted by atomic mass is 10.0. The van der Waals surface area contributed by atoms with E-state index in [0.717, 1.165) is 17.7 Å². The molecule has 0 aliphatic rings. The zero-order chi connectivity index (χ0) is 15.0. The summed E-state index contributed by atoms with van der Waals surface area (Å²) in [6, 6.07) is 5.69. The quantitative estimate of drug-likeness (QED) is 0.551. The number of halogens is 1. The summed E-state index contributed by atoms with van der Waals surface area (Å²) in [6.07, 6.45) is 6.43. The average molecular weight is 279 g/mol. The van der Waals surface area contributed by atoms with Gasteiger partial charge in [0.15, 0.2) is 0 Å². The summed E-state index contributed by atoms with van der Waals surface area (Å²) >= 11 is 0. The Kier molecular flexibility index (Phi) is 7.83. The minimum Gasteiger partial charge on any atom is -0.302 e. The van der Waals surface area contributed by atoms with E-state index in [1.165, 1.54) is 32.1 Å². The number of hydrogen-bond acceptors (Lipinski definition) is 1. The average Bonchev–Trinajstić information content (AvgIpc) is 2.40. The fourth-order valence-corrected chi connectivity index (χ4v) is 2.41. The fourth-order valence-electron chi connectivity index (χ4n) is 2.41. The molecule has 0 radical (unpaired) electrons. The van der Waals surface area contributed by atoms with Gasteiger partial charge in [0.2, 0.25) is 0 Å². The highest BCUT2D eigenvalue weighted by molar-refractivity contribution is 5.26. The normalized spacial score (nSPS) is 11.6. The van der Waals surface area contributed by atoms with Gasteiger partial charge in [-0.2, -0.15) is 0 Å². The number of rotatable bonds is 9. The van der Waals surface area contributed by atoms with Gasteiger partial charge >= 0.3 is 0 Å². The van der Waals surface area contributed by atoms with E-state index in [9.17, 15) is 4.39 Å². The van der Waals surface area contributed by atoms with Crippen LogP contribution in [0, 0.1) is 5.82 Å². The van der Waals surface area contributed by atoms with Crippen molar-refractivity contribution in [2.45, 2.75) is 65.3 Å². The molecule has 1 aromatic rings. The van der Waals surface area contributed by atoms with Gasteiger partial charge in [0, 0.05) is 12.1 Å². The Hall–Kier alpha value is -0.890. The van der Waals surface area contributed by atoms with Crippen LogP contribution in [0.3, 0.4) is 0 Å². The van der Waals surface area contributed by atoms with E-state index in [-0.39, 0.29) is 5.82 Å². The number of benzene rings is 1. The summed E-state index contributed by atoms with van der Waals surface area (Å²) in [5, 5.41) is 0. The molecule has 0 spiro atoms. The van der Waals surface area contributed by atoms with Crippen molar-refractivity contribution < 1.29 is 4.39 Å². The van der Waals surface area contributed by atoms with Gasteiger partial charge in [-0.25, -0.2) is 4.39 Å². The summed E-state index contributed by atoms with van der Waals surface area (Å²) in [4.78, 5) is 2.22. The lowest BCUT2D eigenvalue weighted by Crippen LogP contribution is -2.19. The van der Waals surface area contributed by atoms with E-state index in [2.05, 4.69) is 38.8 Å². The van der Waals surface area contributed by atoms with Crippen LogP contribution >= 0.6 is 0 Å². The molecule has 0 aliphatic carbocycles. The van der Waals surface area contributed by atoms with E-state index in [0.29, 0.717) is 12.5 Å². The fraction of sp³-hybridized carbons (Fsp3) is 0.667. The van der Waals surface area contributed by atoms with Gasteiger partial charge in [0.1, 0.15) is 5.82 Å². The molecule has 0 heterocycles. The second-order valence-electron chi connectivity index (χ2n) is 6.16. The minimum absolute atomic E-state index is 0.0611. The molecule has 0 N–H and O–H groups in total. The molecule has 0 unspecified atom stereocenters. The van der Waals surface area contributed by atoms with Crippen molar-refractivity contribution in [1.82, 2.24) is 4.90 Å². The molecule has 0 saturated heterocycles. The van der Waals surface area contributed by atoms with Crippen LogP contribution in [-0.4, -0.2) is 18.5 Å². The second-order valence-corrected chi connectivity index (χ2v) is 6.16. The highest BCUT2D eigenvalue weighted by atomic mass is 19.1. The van der Waals surface area contributed by atoms with E-state index >= 15 is 0 Å². The third-order valence-electron chi connectivity index (χ3n) is 3.83. The lowest BCUT2D eigenvalue weighted by Gasteiger charge is -2.17. The molecule has 20 heavy (non-hydrogen) atoms. The minimum atomic E-state index is -0.0611. The molecule has 0 saturated carbocycles. The van der Waals surface area contributed by atoms with Gasteiger partial charge in [-0.1, -0.05) is 58.6 Å². The Balaban J connectivity index is 2.39. The summed E-state index contributed by atoms with van der Waals surface area (Å²) in [7, 11) is 2.08. The molecule has 0 amide bonds. The van der Waals surface area contributed by atoms with Gasteiger partial charge in [0.25, 0.3) is 0 Å². The molecule has 1 aromatic carbocycles. The summed E-state index contributed by atoms with van der Waals surface area (Å²) in [5.74, 6) is 0.323. The van der Waals surface area contributed by atoms with Gasteiger partial charge in [-0.3, -0.25) is 0 Å². The first kappa shape index (κ1) is 17.2. The SMILES string of the molecule is CCCCCCCN(C)Cc1ccc(C(C)C)cc1F. The summed E-state index contributed by atoms with van der Waals surface area (Å²) in [5.41, 5.74) is 1.89. The van der Waals surface area contributed by atoms with Gasteiger partial charge in [0.05, 0.1) is 0 Å². The first-order valence-corrected chi connectivity index (χ1v) is 8.01. The van der Waals surface area contributed by atoms with E-state index < -0.39 is 0 Å². The maximum absolute atomic E-state index is 14.0. The van der Waals surface area contributed by atoms with Gasteiger partial charge in [-0.05, 0) is 37.6 Å². The summed E-state index contributed by atoms with van der Waals surface area (Å²) < 4.78 is 14.0. The molecule has 0 aliphatic heterocycles. The molecule has 1 rings (SSSR count). The van der Waals surface area contributed by atoms with Crippen LogP contribution in [0.4, 0.5) is 4.39 Å². The monoisotopic (exact) mass is 279 g/mol. The zero-order valence-corrected chi connectivity index (χ0v) is 13.6. The van der Waals surface area contributed by atoms with Gasteiger partial charge < -0.3 is 4.90 Å². The van der Waals surface area contributed by atoms with Gasteiger partial charge in [-0.15, -0.1) is 0 Å². The van der Waals surface area contributed by atoms with Crippen LogP contribution in [0.25, 0.3) is 0 Å². The van der Waals surface area contributed by atoms with Crippen LogP contribution in [0.2, 0.25) is 0 Å². The maximum atomic E-state index is 14.0. The molecule has 114 valence electrons. The molecule has 0 bridgehead atoms. The Morgan fingerprint density at radius 3 is 2.40 bits per heavy atom. The van der Waals surface area contributed by atoms with Crippen molar-refractivity contribution in [3.8, 4) is 0 Å². The highest BCUT2D eigenvalue weighted by Crippen LogP contribution is 2.19. The van der Waals surface area contributed by atoms with Crippen LogP contribution in [0.15, 0.2) is 18.2 Å². The van der Waals surface area contributed by atoms with Crippen LogP contribution in [0.1, 0.15) is 69.9 Å². The maximum Gasteiger partial charge on any atom is 0.127 e. The van der Waals surface area contributed by atoms with Crippen LogP contribution in [0.5, 0.6) is 0 Å². The molecule has 2 heteroatoms. The van der Waals surface area contributed by atoms with Crippen molar-refractivity contribution in [1.29, 1.82) is 0 Å². The lowest BCUT2D eigenvalue weighted by molar-refractivity contribution is 0.311. The van der Waals surface area contributed by atoms with Crippen molar-refractivity contribution in [3.63, 3.8) is 0 Å². The smallest absolute Gasteiger partial charge is 0.127 e. The molecule has 1 nitrogen and oxygen atoms in total. The predicted octanol–water partition coefficient (Wildman–Crippen LogP) is 5.35. The van der Waals surface area contributed by atoms with Crippen molar-refractivity contribution in [2.75, 3.05) is 13.6 Å². The Morgan fingerprint density at radius 1 is 1.10 bits per heavy atom. The van der Waals surface area contributed by atoms with E-state index in [1.807, 2.05) is 6.07 Å². The number of nitrogens with zero attached hydrogens (tertiary/aromatic N) is 1. The molecular formula is C18H30FN. The molecule has 0 fully saturated rings. The zero-order valence-electron chi connectivity index (χ0n) is 13.6. The van der Waals surface area contributed by atoms with E-state index in [1.54, 1.807) is 6.07 Å². The van der Waals surface area contributed by atoms with Crippen LogP contribution in [-0.2, 0) is 6.54 Å². The molecule has 0 aromatic heterocycles. The van der Waals surface area contributed by atoms with Crippen molar-refractivity contribution in [2.24, 2.45) is 0 Å². The Bertz CT molecular complexity index is 387. The highest BCUT2D eigenvalue weighted by Gasteiger charge is 2.08. The topological polar surface area (TPSA) is 3.24 Å². The number of hydrogen-bond donors (Lipinski definition) is 0. The Labute approximate surface area is 124 Å². The number of unbranched alkanes of at least 4 members (excludes halogenated alkanes) is 4.